The van der Waals surface area contributed by atoms with Crippen molar-refractivity contribution >= 4 is 30.0 Å². The summed E-state index contributed by atoms with van der Waals surface area (Å²) in [7, 11) is -2.58. The van der Waals surface area contributed by atoms with E-state index in [2.05, 4.69) is 177 Å². The van der Waals surface area contributed by atoms with Crippen LogP contribution in [0.2, 0.25) is 58.9 Å². The van der Waals surface area contributed by atoms with E-state index in [1.165, 1.54) is 50.1 Å². The van der Waals surface area contributed by atoms with Crippen LogP contribution in [0, 0.1) is 66.6 Å². The summed E-state index contributed by atoms with van der Waals surface area (Å²) >= 11 is 0. The van der Waals surface area contributed by atoms with E-state index >= 15 is 0 Å². The molecule has 0 aliphatic carbocycles. The number of hydrogen-bond acceptors (Lipinski definition) is 1. The number of hydrogen-bond donors (Lipinski definition) is 0. The van der Waals surface area contributed by atoms with Gasteiger partial charge in [0, 0.05) is 25.8 Å². The molecule has 3 aromatic rings. The van der Waals surface area contributed by atoms with Gasteiger partial charge in [-0.25, -0.2) is 0 Å². The van der Waals surface area contributed by atoms with Crippen molar-refractivity contribution in [3.05, 3.63) is 94.7 Å². The van der Waals surface area contributed by atoms with Gasteiger partial charge in [0.1, 0.15) is 0 Å². The van der Waals surface area contributed by atoms with E-state index in [4.69, 9.17) is 10.3 Å². The standard InChI is InChI=1S/C28H35N2.3C4H11Si.Hf/c1-17-10-19(3)26(20(4)11-17)23-14-24(27-21(5)12-18(2)13-22(27)6)30-25(15-23)29-16-28(7,8)9;3*1-5(2,3)4;/h10-15H,16H2,1-9H3;3*1H2,2-4H3;/q4*-1;. The summed E-state index contributed by atoms with van der Waals surface area (Å²) in [6.45, 7) is 52.1. The molecule has 2 aromatic carbocycles. The average Bonchev–Trinajstić information content (AvgIpc) is 2.72. The summed E-state index contributed by atoms with van der Waals surface area (Å²) in [5, 5.41) is 4.89. The Bertz CT molecular complexity index is 1200. The van der Waals surface area contributed by atoms with Gasteiger partial charge in [0.15, 0.2) is 0 Å². The smallest absolute Gasteiger partial charge is 0 e. The molecule has 0 N–H and O–H groups in total. The van der Waals surface area contributed by atoms with Gasteiger partial charge < -0.3 is 29.9 Å². The number of aromatic nitrogens is 1. The van der Waals surface area contributed by atoms with Crippen LogP contribution >= 0.6 is 0 Å². The van der Waals surface area contributed by atoms with Crippen LogP contribution in [0.5, 0.6) is 0 Å². The molecule has 1 heterocycles. The molecular formula is C40H68HfN2Si3-4. The molecule has 0 spiro atoms. The van der Waals surface area contributed by atoms with Gasteiger partial charge in [-0.1, -0.05) is 133 Å². The van der Waals surface area contributed by atoms with Gasteiger partial charge in [0.2, 0.25) is 0 Å². The minimum absolute atomic E-state index is 0. The molecule has 0 fully saturated rings. The maximum Gasteiger partial charge on any atom is 0 e. The van der Waals surface area contributed by atoms with Gasteiger partial charge in [0.25, 0.3) is 0 Å². The van der Waals surface area contributed by atoms with E-state index < -0.39 is 24.2 Å². The summed E-state index contributed by atoms with van der Waals surface area (Å²) in [6, 6.07) is 13.4. The van der Waals surface area contributed by atoms with Crippen LogP contribution in [0.3, 0.4) is 0 Å². The number of pyridine rings is 1. The third-order valence-electron chi connectivity index (χ3n) is 5.43. The molecule has 46 heavy (non-hydrogen) atoms. The van der Waals surface area contributed by atoms with Gasteiger partial charge in [0.05, 0.1) is 0 Å². The summed E-state index contributed by atoms with van der Waals surface area (Å²) in [6.07, 6.45) is 0. The maximum absolute atomic E-state index is 4.99. The van der Waals surface area contributed by atoms with E-state index in [0.29, 0.717) is 0 Å². The van der Waals surface area contributed by atoms with E-state index in [1.54, 1.807) is 0 Å². The first-order valence-corrected chi connectivity index (χ1v) is 27.5. The number of benzene rings is 2. The van der Waals surface area contributed by atoms with Crippen molar-refractivity contribution in [3.63, 3.8) is 0 Å². The largest absolute Gasteiger partial charge is 0.465 e. The Morgan fingerprint density at radius 3 is 1.17 bits per heavy atom. The zero-order valence-corrected chi connectivity index (χ0v) is 39.8. The zero-order valence-electron chi connectivity index (χ0n) is 33.2. The van der Waals surface area contributed by atoms with Crippen LogP contribution in [-0.2, 0) is 25.8 Å². The first-order chi connectivity index (χ1) is 19.9. The second-order valence-electron chi connectivity index (χ2n) is 17.7. The Morgan fingerprint density at radius 2 is 0.870 bits per heavy atom. The molecule has 6 heteroatoms. The summed E-state index contributed by atoms with van der Waals surface area (Å²) in [5.74, 6) is 0.816. The minimum atomic E-state index is -0.861. The fraction of sp³-hybridized carbons (Fsp3) is 0.500. The maximum atomic E-state index is 4.99. The topological polar surface area (TPSA) is 27.0 Å². The van der Waals surface area contributed by atoms with Gasteiger partial charge in [-0.2, -0.15) is 0 Å². The van der Waals surface area contributed by atoms with E-state index in [9.17, 15) is 0 Å². The quantitative estimate of drug-likeness (QED) is 0.190. The fourth-order valence-corrected chi connectivity index (χ4v) is 4.41. The molecule has 0 bridgehead atoms. The molecule has 258 valence electrons. The van der Waals surface area contributed by atoms with Crippen LogP contribution in [-0.4, -0.2) is 35.8 Å². The van der Waals surface area contributed by atoms with Crippen LogP contribution in [0.25, 0.3) is 27.7 Å². The van der Waals surface area contributed by atoms with Crippen molar-refractivity contribution in [1.82, 2.24) is 4.98 Å². The van der Waals surface area contributed by atoms with Crippen molar-refractivity contribution in [2.24, 2.45) is 5.41 Å². The second kappa shape index (κ2) is 19.2. The van der Waals surface area contributed by atoms with Crippen LogP contribution in [0.4, 0.5) is 5.82 Å². The molecule has 0 aliphatic rings. The predicted molar refractivity (Wildman–Crippen MR) is 217 cm³/mol. The Balaban J connectivity index is 0. The molecule has 0 saturated carbocycles. The molecular weight excluding hydrogens is 771 g/mol. The average molecular weight is 840 g/mol. The molecule has 0 unspecified atom stereocenters. The van der Waals surface area contributed by atoms with E-state index in [1.807, 2.05) is 0 Å². The molecule has 0 saturated heterocycles. The van der Waals surface area contributed by atoms with Gasteiger partial charge in [-0.05, 0) is 98.1 Å². The van der Waals surface area contributed by atoms with Crippen molar-refractivity contribution in [1.29, 1.82) is 0 Å². The van der Waals surface area contributed by atoms with Crippen molar-refractivity contribution in [2.75, 3.05) is 6.54 Å². The van der Waals surface area contributed by atoms with Crippen molar-refractivity contribution in [3.8, 4) is 22.4 Å². The van der Waals surface area contributed by atoms with Gasteiger partial charge >= 0.3 is 0 Å². The molecule has 0 aliphatic heterocycles. The van der Waals surface area contributed by atoms with Crippen LogP contribution in [0.1, 0.15) is 54.2 Å². The Kier molecular flexibility index (Phi) is 19.6. The molecule has 2 nitrogen and oxygen atoms in total. The van der Waals surface area contributed by atoms with Gasteiger partial charge in [-0.3, -0.25) is 0 Å². The van der Waals surface area contributed by atoms with Gasteiger partial charge in [-0.15, -0.1) is 24.2 Å². The third-order valence-corrected chi connectivity index (χ3v) is 5.43. The van der Waals surface area contributed by atoms with E-state index in [0.717, 1.165) is 18.1 Å². The van der Waals surface area contributed by atoms with Crippen LogP contribution < -0.4 is 0 Å². The Morgan fingerprint density at radius 1 is 0.565 bits per heavy atom. The van der Waals surface area contributed by atoms with Crippen molar-refractivity contribution < 1.29 is 25.8 Å². The molecule has 0 atom stereocenters. The second-order valence-corrected chi connectivity index (χ2v) is 33.1. The van der Waals surface area contributed by atoms with E-state index in [-0.39, 0.29) is 31.3 Å². The molecule has 3 rings (SSSR count). The SMILES string of the molecule is Cc1cc(C)c(-c2cc([N-]CC(C)(C)C)nc(-c3c(C)cc(C)cc3C)c2)c(C)c1.[CH2-][Si](C)(C)C.[CH2-][Si](C)(C)C.[CH2-][Si](C)(C)C.[Hf]. The fourth-order valence-electron chi connectivity index (χ4n) is 4.41. The third kappa shape index (κ3) is 23.3. The Hall–Kier alpha value is -1.09. The Labute approximate surface area is 309 Å². The monoisotopic (exact) mass is 840 g/mol. The number of nitrogens with zero attached hydrogens (tertiary/aromatic N) is 2. The number of aryl methyl sites for hydroxylation is 6. The summed E-state index contributed by atoms with van der Waals surface area (Å²) in [4.78, 5) is 4.99. The molecule has 0 radical (unpaired) electrons. The summed E-state index contributed by atoms with van der Waals surface area (Å²) in [5.41, 5.74) is 12.5. The van der Waals surface area contributed by atoms with Crippen LogP contribution in [0.15, 0.2) is 36.4 Å². The first kappa shape index (κ1) is 47.0. The number of rotatable bonds is 4. The first-order valence-electron chi connectivity index (χ1n) is 16.4. The van der Waals surface area contributed by atoms with Crippen molar-refractivity contribution in [2.45, 2.75) is 121 Å². The minimum Gasteiger partial charge on any atom is -0.465 e. The molecule has 0 amide bonds. The summed E-state index contributed by atoms with van der Waals surface area (Å²) < 4.78 is 0. The zero-order chi connectivity index (χ0) is 35.7. The predicted octanol–water partition coefficient (Wildman–Crippen LogP) is 13.4. The molecule has 1 aromatic heterocycles. The normalized spacial score (nSPS) is 11.5.